The molecule has 1 atom stereocenters. The Morgan fingerprint density at radius 2 is 2.17 bits per heavy atom. The van der Waals surface area contributed by atoms with Gasteiger partial charge < -0.3 is 10.6 Å². The number of benzene rings is 1. The van der Waals surface area contributed by atoms with Crippen LogP contribution in [-0.4, -0.2) is 50.2 Å². The molecule has 2 rings (SSSR count). The van der Waals surface area contributed by atoms with Crippen LogP contribution < -0.4 is 10.6 Å². The summed E-state index contributed by atoms with van der Waals surface area (Å²) in [5.41, 5.74) is 0.292. The predicted molar refractivity (Wildman–Crippen MR) is 90.0 cm³/mol. The number of carbonyl (C=O) groups is 2. The summed E-state index contributed by atoms with van der Waals surface area (Å²) in [5, 5.41) is 5.44. The third-order valence-corrected chi connectivity index (χ3v) is 5.68. The summed E-state index contributed by atoms with van der Waals surface area (Å²) in [6.45, 7) is 4.25. The maximum Gasteiger partial charge on any atom is 0.251 e. The summed E-state index contributed by atoms with van der Waals surface area (Å²) in [7, 11) is -3.80. The van der Waals surface area contributed by atoms with Crippen LogP contribution in [0.5, 0.6) is 0 Å². The second-order valence-corrected chi connectivity index (χ2v) is 7.82. The number of rotatable bonds is 6. The summed E-state index contributed by atoms with van der Waals surface area (Å²) < 4.78 is 26.4. The number of carbonyl (C=O) groups excluding carboxylic acids is 2. The second-order valence-electron chi connectivity index (χ2n) is 5.88. The van der Waals surface area contributed by atoms with Gasteiger partial charge in [0.25, 0.3) is 5.91 Å². The molecule has 2 N–H and O–H groups in total. The molecule has 8 heteroatoms. The minimum Gasteiger partial charge on any atom is -0.354 e. The standard InChI is InChI=1S/C16H23N3O4S/c1-3-5-12(2)18-16(21)13-6-4-7-14(10-13)24(22,23)19-9-8-17-15(20)11-19/h4,6-7,10,12H,3,5,8-9,11H2,1-2H3,(H,17,20)(H,18,21). The molecule has 1 fully saturated rings. The second kappa shape index (κ2) is 7.76. The molecule has 0 radical (unpaired) electrons. The molecule has 0 saturated carbocycles. The third-order valence-electron chi connectivity index (χ3n) is 3.84. The van der Waals surface area contributed by atoms with Crippen LogP contribution in [0.25, 0.3) is 0 Å². The topological polar surface area (TPSA) is 95.6 Å². The molecule has 0 aromatic heterocycles. The Balaban J connectivity index is 2.20. The van der Waals surface area contributed by atoms with Gasteiger partial charge in [-0.25, -0.2) is 8.42 Å². The van der Waals surface area contributed by atoms with Gasteiger partial charge in [0.15, 0.2) is 0 Å². The van der Waals surface area contributed by atoms with Crippen LogP contribution in [0, 0.1) is 0 Å². The van der Waals surface area contributed by atoms with Crippen molar-refractivity contribution in [2.75, 3.05) is 19.6 Å². The van der Waals surface area contributed by atoms with E-state index in [4.69, 9.17) is 0 Å². The van der Waals surface area contributed by atoms with Gasteiger partial charge in [0.05, 0.1) is 11.4 Å². The zero-order valence-corrected chi connectivity index (χ0v) is 14.7. The normalized spacial score (nSPS) is 17.2. The van der Waals surface area contributed by atoms with E-state index in [1.165, 1.54) is 18.2 Å². The molecule has 1 unspecified atom stereocenters. The number of amides is 2. The van der Waals surface area contributed by atoms with E-state index in [2.05, 4.69) is 10.6 Å². The summed E-state index contributed by atoms with van der Waals surface area (Å²) >= 11 is 0. The highest BCUT2D eigenvalue weighted by molar-refractivity contribution is 7.89. The zero-order valence-electron chi connectivity index (χ0n) is 13.9. The highest BCUT2D eigenvalue weighted by Crippen LogP contribution is 2.18. The molecular weight excluding hydrogens is 330 g/mol. The van der Waals surface area contributed by atoms with Gasteiger partial charge in [-0.15, -0.1) is 0 Å². The fraction of sp³-hybridized carbons (Fsp3) is 0.500. The monoisotopic (exact) mass is 353 g/mol. The van der Waals surface area contributed by atoms with E-state index >= 15 is 0 Å². The molecule has 24 heavy (non-hydrogen) atoms. The van der Waals surface area contributed by atoms with Gasteiger partial charge in [-0.1, -0.05) is 19.4 Å². The van der Waals surface area contributed by atoms with Crippen LogP contribution >= 0.6 is 0 Å². The number of nitrogens with zero attached hydrogens (tertiary/aromatic N) is 1. The van der Waals surface area contributed by atoms with Gasteiger partial charge in [0.2, 0.25) is 15.9 Å². The van der Waals surface area contributed by atoms with Crippen molar-refractivity contribution in [3.05, 3.63) is 29.8 Å². The summed E-state index contributed by atoms with van der Waals surface area (Å²) in [6.07, 6.45) is 1.81. The smallest absolute Gasteiger partial charge is 0.251 e. The van der Waals surface area contributed by atoms with Crippen LogP contribution in [-0.2, 0) is 14.8 Å². The molecule has 7 nitrogen and oxygen atoms in total. The molecule has 1 aromatic rings. The highest BCUT2D eigenvalue weighted by Gasteiger charge is 2.29. The molecule has 0 aliphatic carbocycles. The average Bonchev–Trinajstić information content (AvgIpc) is 2.55. The van der Waals surface area contributed by atoms with Crippen molar-refractivity contribution in [3.63, 3.8) is 0 Å². The summed E-state index contributed by atoms with van der Waals surface area (Å²) in [4.78, 5) is 23.7. The van der Waals surface area contributed by atoms with Gasteiger partial charge in [-0.05, 0) is 31.5 Å². The van der Waals surface area contributed by atoms with Crippen LogP contribution in [0.4, 0.5) is 0 Å². The van der Waals surface area contributed by atoms with Crippen LogP contribution in [0.2, 0.25) is 0 Å². The molecule has 0 spiro atoms. The lowest BCUT2D eigenvalue weighted by molar-refractivity contribution is -0.122. The van der Waals surface area contributed by atoms with Crippen LogP contribution in [0.3, 0.4) is 0 Å². The predicted octanol–water partition coefficient (Wildman–Crippen LogP) is 0.725. The Labute approximate surface area is 142 Å². The Morgan fingerprint density at radius 3 is 2.83 bits per heavy atom. The van der Waals surface area contributed by atoms with Crippen molar-refractivity contribution >= 4 is 21.8 Å². The molecule has 1 heterocycles. The quantitative estimate of drug-likeness (QED) is 0.788. The van der Waals surface area contributed by atoms with Gasteiger partial charge >= 0.3 is 0 Å². The van der Waals surface area contributed by atoms with E-state index in [9.17, 15) is 18.0 Å². The fourth-order valence-electron chi connectivity index (χ4n) is 2.58. The first-order valence-electron chi connectivity index (χ1n) is 8.02. The molecule has 1 aromatic carbocycles. The molecule has 1 aliphatic rings. The first-order chi connectivity index (χ1) is 11.3. The minimum atomic E-state index is -3.80. The van der Waals surface area contributed by atoms with Crippen molar-refractivity contribution in [2.24, 2.45) is 0 Å². The van der Waals surface area contributed by atoms with E-state index in [1.807, 2.05) is 13.8 Å². The van der Waals surface area contributed by atoms with Crippen LogP contribution in [0.15, 0.2) is 29.2 Å². The van der Waals surface area contributed by atoms with Gasteiger partial charge in [-0.2, -0.15) is 4.31 Å². The maximum absolute atomic E-state index is 12.6. The average molecular weight is 353 g/mol. The number of sulfonamides is 1. The Hall–Kier alpha value is -1.93. The largest absolute Gasteiger partial charge is 0.354 e. The highest BCUT2D eigenvalue weighted by atomic mass is 32.2. The molecule has 0 bridgehead atoms. The number of nitrogens with one attached hydrogen (secondary N) is 2. The van der Waals surface area contributed by atoms with Crippen LogP contribution in [0.1, 0.15) is 37.0 Å². The van der Waals surface area contributed by atoms with Crippen molar-refractivity contribution < 1.29 is 18.0 Å². The van der Waals surface area contributed by atoms with Crippen molar-refractivity contribution in [1.29, 1.82) is 0 Å². The van der Waals surface area contributed by atoms with Gasteiger partial charge in [0, 0.05) is 24.7 Å². The van der Waals surface area contributed by atoms with Crippen molar-refractivity contribution in [3.8, 4) is 0 Å². The SMILES string of the molecule is CCCC(C)NC(=O)c1cccc(S(=O)(=O)N2CCNC(=O)C2)c1. The lowest BCUT2D eigenvalue weighted by atomic mass is 10.1. The van der Waals surface area contributed by atoms with E-state index in [1.54, 1.807) is 6.07 Å². The van der Waals surface area contributed by atoms with Crippen molar-refractivity contribution in [1.82, 2.24) is 14.9 Å². The Bertz CT molecular complexity index is 718. The van der Waals surface area contributed by atoms with E-state index in [0.29, 0.717) is 5.56 Å². The van der Waals surface area contributed by atoms with Gasteiger partial charge in [-0.3, -0.25) is 9.59 Å². The molecule has 2 amide bonds. The Kier molecular flexibility index (Phi) is 5.95. The third kappa shape index (κ3) is 4.33. The van der Waals surface area contributed by atoms with E-state index in [0.717, 1.165) is 17.1 Å². The fourth-order valence-corrected chi connectivity index (χ4v) is 4.02. The van der Waals surface area contributed by atoms with Crippen molar-refractivity contribution in [2.45, 2.75) is 37.6 Å². The van der Waals surface area contributed by atoms with E-state index in [-0.39, 0.29) is 42.4 Å². The lowest BCUT2D eigenvalue weighted by Gasteiger charge is -2.26. The molecule has 1 aliphatic heterocycles. The molecule has 132 valence electrons. The number of hydrogen-bond acceptors (Lipinski definition) is 4. The minimum absolute atomic E-state index is 0.0213. The lowest BCUT2D eigenvalue weighted by Crippen LogP contribution is -2.49. The zero-order chi connectivity index (χ0) is 17.7. The first kappa shape index (κ1) is 18.4. The first-order valence-corrected chi connectivity index (χ1v) is 9.46. The molecular formula is C16H23N3O4S. The molecule has 1 saturated heterocycles. The van der Waals surface area contributed by atoms with Gasteiger partial charge in [0.1, 0.15) is 0 Å². The maximum atomic E-state index is 12.6. The van der Waals surface area contributed by atoms with E-state index < -0.39 is 10.0 Å². The Morgan fingerprint density at radius 1 is 1.42 bits per heavy atom. The number of piperazine rings is 1. The summed E-state index contributed by atoms with van der Waals surface area (Å²) in [6, 6.07) is 5.93. The number of hydrogen-bond donors (Lipinski definition) is 2. The summed E-state index contributed by atoms with van der Waals surface area (Å²) in [5.74, 6) is -0.628.